The number of ether oxygens (including phenoxy) is 1. The number of benzene rings is 2. The highest BCUT2D eigenvalue weighted by atomic mass is 16.6. The smallest absolute Gasteiger partial charge is 0.320 e. The molecule has 0 aromatic heterocycles. The zero-order chi connectivity index (χ0) is 21.8. The van der Waals surface area contributed by atoms with E-state index in [1.54, 1.807) is 19.1 Å². The van der Waals surface area contributed by atoms with Crippen molar-refractivity contribution in [2.45, 2.75) is 26.3 Å². The number of phenolic OH excluding ortho intramolecular Hbond substituents is 1. The average molecular weight is 411 g/mol. The van der Waals surface area contributed by atoms with Crippen LogP contribution in [0.15, 0.2) is 51.7 Å². The average Bonchev–Trinajstić information content (AvgIpc) is 2.72. The fourth-order valence-electron chi connectivity index (χ4n) is 3.22. The molecule has 1 aliphatic heterocycles. The monoisotopic (exact) mass is 411 g/mol. The Morgan fingerprint density at radius 1 is 1.30 bits per heavy atom. The number of carbonyl (C=O) groups is 1. The highest BCUT2D eigenvalue weighted by molar-refractivity contribution is 6.05. The van der Waals surface area contributed by atoms with E-state index < -0.39 is 11.0 Å². The molecule has 10 nitrogen and oxygen atoms in total. The molecule has 30 heavy (non-hydrogen) atoms. The number of rotatable bonds is 6. The van der Waals surface area contributed by atoms with Crippen molar-refractivity contribution in [3.63, 3.8) is 0 Å². The van der Waals surface area contributed by atoms with Gasteiger partial charge in [-0.05, 0) is 36.8 Å². The fraction of sp³-hybridized carbons (Fsp3) is 0.300. The summed E-state index contributed by atoms with van der Waals surface area (Å²) < 4.78 is 4.98. The maximum Gasteiger partial charge on any atom is 0.320 e. The highest BCUT2D eigenvalue weighted by Gasteiger charge is 2.27. The van der Waals surface area contributed by atoms with Gasteiger partial charge in [0.25, 0.3) is 0 Å². The molecule has 0 radical (unpaired) electrons. The normalized spacial score (nSPS) is 17.4. The van der Waals surface area contributed by atoms with Gasteiger partial charge in [-0.3, -0.25) is 14.9 Å². The lowest BCUT2D eigenvalue weighted by atomic mass is 9.94. The third-order valence-electron chi connectivity index (χ3n) is 4.75. The Balaban J connectivity index is 1.81. The number of hydrogen-bond donors (Lipinski definition) is 2. The van der Waals surface area contributed by atoms with Gasteiger partial charge in [0.1, 0.15) is 6.04 Å². The molecule has 1 heterocycles. The quantitative estimate of drug-likeness (QED) is 0.420. The van der Waals surface area contributed by atoms with E-state index in [4.69, 9.17) is 4.74 Å². The van der Waals surface area contributed by atoms with Gasteiger partial charge < -0.3 is 9.84 Å². The summed E-state index contributed by atoms with van der Waals surface area (Å²) in [5.41, 5.74) is 4.64. The molecule has 2 unspecified atom stereocenters. The lowest BCUT2D eigenvalue weighted by Gasteiger charge is -2.19. The predicted molar refractivity (Wildman–Crippen MR) is 109 cm³/mol. The van der Waals surface area contributed by atoms with Gasteiger partial charge in [-0.25, -0.2) is 5.43 Å². The fourth-order valence-corrected chi connectivity index (χ4v) is 3.22. The predicted octanol–water partition coefficient (Wildman–Crippen LogP) is 4.01. The molecular formula is C20H21N5O5. The van der Waals surface area contributed by atoms with Crippen molar-refractivity contribution in [2.75, 3.05) is 7.11 Å². The number of nitro groups is 1. The van der Waals surface area contributed by atoms with Crippen LogP contribution < -0.4 is 10.2 Å². The van der Waals surface area contributed by atoms with Crippen molar-refractivity contribution in [1.29, 1.82) is 0 Å². The molecule has 2 atom stereocenters. The van der Waals surface area contributed by atoms with E-state index in [9.17, 15) is 20.0 Å². The Morgan fingerprint density at radius 2 is 2.00 bits per heavy atom. The number of methoxy groups -OCH3 is 1. The van der Waals surface area contributed by atoms with E-state index in [0.717, 1.165) is 11.3 Å². The third kappa shape index (κ3) is 4.27. The van der Waals surface area contributed by atoms with Crippen LogP contribution in [0.4, 0.5) is 11.4 Å². The van der Waals surface area contributed by atoms with Gasteiger partial charge in [-0.1, -0.05) is 19.1 Å². The van der Waals surface area contributed by atoms with Crippen molar-refractivity contribution in [1.82, 2.24) is 5.43 Å². The summed E-state index contributed by atoms with van der Waals surface area (Å²) in [6.45, 7) is 3.60. The number of hydrogen-bond acceptors (Lipinski definition) is 8. The Hall–Kier alpha value is -3.82. The van der Waals surface area contributed by atoms with Gasteiger partial charge >= 0.3 is 5.69 Å². The molecule has 1 aliphatic rings. The summed E-state index contributed by atoms with van der Waals surface area (Å²) in [5, 5.41) is 33.7. The number of aromatic hydroxyl groups is 1. The molecule has 10 heteroatoms. The number of nitrogens with one attached hydrogen (secondary N) is 1. The van der Waals surface area contributed by atoms with Crippen molar-refractivity contribution in [3.8, 4) is 11.5 Å². The number of phenols is 1. The minimum Gasteiger partial charge on any atom is -0.504 e. The van der Waals surface area contributed by atoms with E-state index in [-0.39, 0.29) is 34.6 Å². The summed E-state index contributed by atoms with van der Waals surface area (Å²) in [6, 6.07) is 9.28. The minimum absolute atomic E-state index is 0.0104. The van der Waals surface area contributed by atoms with Crippen LogP contribution in [0.3, 0.4) is 0 Å². The molecule has 0 spiro atoms. The lowest BCUT2D eigenvalue weighted by Crippen LogP contribution is -2.31. The molecule has 1 amide bonds. The first-order chi connectivity index (χ1) is 14.3. The van der Waals surface area contributed by atoms with Crippen molar-refractivity contribution in [2.24, 2.45) is 21.2 Å². The third-order valence-corrected chi connectivity index (χ3v) is 4.75. The van der Waals surface area contributed by atoms with Crippen LogP contribution in [-0.2, 0) is 4.79 Å². The SMILES string of the molecule is COc1c(O)ccc(C(C)N=Nc2ccc(C3=NNC(=O)CC3C)cc2)c1[N+](=O)[O-]. The summed E-state index contributed by atoms with van der Waals surface area (Å²) in [5.74, 6) is -0.621. The van der Waals surface area contributed by atoms with Crippen LogP contribution in [-0.4, -0.2) is 28.8 Å². The second-order valence-corrected chi connectivity index (χ2v) is 6.89. The first-order valence-corrected chi connectivity index (χ1v) is 9.23. The molecule has 0 aliphatic carbocycles. The van der Waals surface area contributed by atoms with Gasteiger partial charge in [-0.2, -0.15) is 15.3 Å². The van der Waals surface area contributed by atoms with Crippen molar-refractivity contribution < 1.29 is 19.6 Å². The highest BCUT2D eigenvalue weighted by Crippen LogP contribution is 2.42. The summed E-state index contributed by atoms with van der Waals surface area (Å²) in [4.78, 5) is 22.2. The molecule has 0 bridgehead atoms. The zero-order valence-corrected chi connectivity index (χ0v) is 16.7. The summed E-state index contributed by atoms with van der Waals surface area (Å²) in [7, 11) is 1.25. The first kappa shape index (κ1) is 20.9. The number of nitro benzene ring substituents is 1. The number of amides is 1. The Kier molecular flexibility index (Phi) is 6.05. The Morgan fingerprint density at radius 3 is 2.60 bits per heavy atom. The van der Waals surface area contributed by atoms with E-state index >= 15 is 0 Å². The molecule has 0 saturated heterocycles. The van der Waals surface area contributed by atoms with Crippen LogP contribution >= 0.6 is 0 Å². The van der Waals surface area contributed by atoms with Crippen LogP contribution in [0.25, 0.3) is 0 Å². The molecule has 2 aromatic carbocycles. The van der Waals surface area contributed by atoms with Crippen molar-refractivity contribution >= 4 is 23.0 Å². The molecule has 2 N–H and O–H groups in total. The van der Waals surface area contributed by atoms with Crippen LogP contribution in [0.5, 0.6) is 11.5 Å². The second-order valence-electron chi connectivity index (χ2n) is 6.89. The van der Waals surface area contributed by atoms with Gasteiger partial charge in [0.05, 0.1) is 29.0 Å². The zero-order valence-electron chi connectivity index (χ0n) is 16.7. The summed E-state index contributed by atoms with van der Waals surface area (Å²) in [6.07, 6.45) is 0.382. The van der Waals surface area contributed by atoms with Gasteiger partial charge in [0.2, 0.25) is 11.7 Å². The van der Waals surface area contributed by atoms with E-state index in [1.807, 2.05) is 19.1 Å². The Labute approximate surface area is 172 Å². The molecule has 2 aromatic rings. The molecular weight excluding hydrogens is 390 g/mol. The minimum atomic E-state index is -0.641. The number of nitrogens with zero attached hydrogens (tertiary/aromatic N) is 4. The van der Waals surface area contributed by atoms with E-state index in [2.05, 4.69) is 20.8 Å². The maximum absolute atomic E-state index is 11.5. The summed E-state index contributed by atoms with van der Waals surface area (Å²) >= 11 is 0. The van der Waals surface area contributed by atoms with Gasteiger partial charge in [0.15, 0.2) is 5.75 Å². The topological polar surface area (TPSA) is 139 Å². The van der Waals surface area contributed by atoms with Gasteiger partial charge in [0, 0.05) is 12.3 Å². The molecule has 0 saturated carbocycles. The largest absolute Gasteiger partial charge is 0.504 e. The Bertz CT molecular complexity index is 1030. The van der Waals surface area contributed by atoms with Crippen molar-refractivity contribution in [3.05, 3.63) is 57.6 Å². The standard InChI is InChI=1S/C20H21N5O5/c1-11-10-17(27)23-24-18(11)13-4-6-14(7-5-13)22-21-12(2)15-8-9-16(26)20(30-3)19(15)25(28)29/h4-9,11-12,26H,10H2,1-3H3,(H,23,27). The second kappa shape index (κ2) is 8.68. The molecule has 156 valence electrons. The van der Waals surface area contributed by atoms with Crippen LogP contribution in [0.1, 0.15) is 37.4 Å². The number of carbonyl (C=O) groups excluding carboxylic acids is 1. The number of azo groups is 1. The number of hydrazone groups is 1. The van der Waals surface area contributed by atoms with Crippen LogP contribution in [0.2, 0.25) is 0 Å². The van der Waals surface area contributed by atoms with Crippen LogP contribution in [0, 0.1) is 16.0 Å². The van der Waals surface area contributed by atoms with E-state index in [1.165, 1.54) is 19.2 Å². The van der Waals surface area contributed by atoms with E-state index in [0.29, 0.717) is 12.1 Å². The molecule has 3 rings (SSSR count). The maximum atomic E-state index is 11.5. The van der Waals surface area contributed by atoms with Gasteiger partial charge in [-0.15, -0.1) is 0 Å². The first-order valence-electron chi connectivity index (χ1n) is 9.23. The lowest BCUT2D eigenvalue weighted by molar-refractivity contribution is -0.386. The molecule has 0 fully saturated rings.